The van der Waals surface area contributed by atoms with Gasteiger partial charge in [-0.2, -0.15) is 0 Å². The molecule has 0 saturated heterocycles. The van der Waals surface area contributed by atoms with Crippen molar-refractivity contribution in [3.63, 3.8) is 0 Å². The normalized spacial score (nSPS) is 10.9. The third-order valence-electron chi connectivity index (χ3n) is 5.39. The lowest BCUT2D eigenvalue weighted by Gasteiger charge is -2.08. The molecule has 0 bridgehead atoms. The second-order valence-corrected chi connectivity index (χ2v) is 8.75. The highest BCUT2D eigenvalue weighted by Gasteiger charge is 2.12. The molecule has 35 heavy (non-hydrogen) atoms. The molecule has 0 aliphatic rings. The highest BCUT2D eigenvalue weighted by Crippen LogP contribution is 2.28. The van der Waals surface area contributed by atoms with Crippen LogP contribution < -0.4 is 15.4 Å². The number of rotatable bonds is 8. The van der Waals surface area contributed by atoms with Crippen molar-refractivity contribution in [1.82, 2.24) is 29.8 Å². The van der Waals surface area contributed by atoms with Crippen molar-refractivity contribution in [1.29, 1.82) is 0 Å². The van der Waals surface area contributed by atoms with Gasteiger partial charge in [0, 0.05) is 60.4 Å². The van der Waals surface area contributed by atoms with Crippen LogP contribution in [0.25, 0.3) is 11.0 Å². The summed E-state index contributed by atoms with van der Waals surface area (Å²) in [5.41, 5.74) is 3.93. The van der Waals surface area contributed by atoms with E-state index in [-0.39, 0.29) is 11.6 Å². The zero-order valence-electron chi connectivity index (χ0n) is 18.8. The lowest BCUT2D eigenvalue weighted by atomic mass is 10.3. The Balaban J connectivity index is 1.27. The molecular weight excluding hydrogens is 510 g/mol. The van der Waals surface area contributed by atoms with Crippen molar-refractivity contribution >= 4 is 44.5 Å². The van der Waals surface area contributed by atoms with Crippen molar-refractivity contribution in [3.05, 3.63) is 89.2 Å². The van der Waals surface area contributed by atoms with Crippen LogP contribution in [-0.4, -0.2) is 37.0 Å². The summed E-state index contributed by atoms with van der Waals surface area (Å²) in [7, 11) is 1.96. The van der Waals surface area contributed by atoms with E-state index in [0.717, 1.165) is 32.8 Å². The number of aromatic nitrogens is 5. The Hall–Kier alpha value is -4.18. The number of H-pyrrole nitrogens is 1. The molecule has 3 heterocycles. The Kier molecular flexibility index (Phi) is 6.44. The highest BCUT2D eigenvalue weighted by molar-refractivity contribution is 9.10. The Bertz CT molecular complexity index is 1460. The van der Waals surface area contributed by atoms with Crippen molar-refractivity contribution in [2.75, 3.05) is 11.9 Å². The van der Waals surface area contributed by atoms with Gasteiger partial charge in [-0.05, 0) is 42.5 Å². The molecule has 10 heteroatoms. The number of ether oxygens (including phenoxy) is 1. The number of amides is 1. The van der Waals surface area contributed by atoms with Crippen LogP contribution in [0.1, 0.15) is 16.2 Å². The van der Waals surface area contributed by atoms with Crippen molar-refractivity contribution in [3.8, 4) is 11.5 Å². The van der Waals surface area contributed by atoms with Crippen LogP contribution >= 0.6 is 15.9 Å². The Morgan fingerprint density at radius 1 is 1.11 bits per heavy atom. The first-order valence-electron chi connectivity index (χ1n) is 10.9. The van der Waals surface area contributed by atoms with E-state index >= 15 is 0 Å². The van der Waals surface area contributed by atoms with E-state index in [4.69, 9.17) is 9.72 Å². The van der Waals surface area contributed by atoms with Gasteiger partial charge < -0.3 is 24.9 Å². The van der Waals surface area contributed by atoms with Gasteiger partial charge in [-0.25, -0.2) is 9.97 Å². The number of imidazole rings is 2. The number of benzene rings is 2. The number of aromatic amines is 1. The highest BCUT2D eigenvalue weighted by atomic mass is 79.9. The summed E-state index contributed by atoms with van der Waals surface area (Å²) in [6, 6.07) is 16.9. The number of halogens is 1. The second kappa shape index (κ2) is 9.98. The number of pyridine rings is 1. The zero-order valence-corrected chi connectivity index (χ0v) is 20.4. The van der Waals surface area contributed by atoms with Gasteiger partial charge in [-0.3, -0.25) is 9.78 Å². The van der Waals surface area contributed by atoms with E-state index in [9.17, 15) is 4.79 Å². The minimum atomic E-state index is -0.265. The molecule has 3 N–H and O–H groups in total. The van der Waals surface area contributed by atoms with Gasteiger partial charge in [0.25, 0.3) is 5.91 Å². The monoisotopic (exact) mass is 531 g/mol. The predicted octanol–water partition coefficient (Wildman–Crippen LogP) is 4.96. The first-order chi connectivity index (χ1) is 17.0. The third kappa shape index (κ3) is 5.33. The number of carbonyl (C=O) groups excluding carboxylic acids is 1. The van der Waals surface area contributed by atoms with E-state index < -0.39 is 0 Å². The minimum absolute atomic E-state index is 0.265. The molecule has 9 nitrogen and oxygen atoms in total. The van der Waals surface area contributed by atoms with Gasteiger partial charge in [0.1, 0.15) is 17.2 Å². The summed E-state index contributed by atoms with van der Waals surface area (Å²) in [5, 5.41) is 6.19. The second-order valence-electron chi connectivity index (χ2n) is 7.84. The topological polar surface area (TPSA) is 110 Å². The summed E-state index contributed by atoms with van der Waals surface area (Å²) in [4.78, 5) is 28.3. The summed E-state index contributed by atoms with van der Waals surface area (Å²) in [6.45, 7) is 0.473. The number of nitrogens with one attached hydrogen (secondary N) is 3. The number of aryl methyl sites for hydroxylation is 1. The molecule has 3 aromatic heterocycles. The summed E-state index contributed by atoms with van der Waals surface area (Å²) in [6.07, 6.45) is 5.56. The average Bonchev–Trinajstić information content (AvgIpc) is 3.48. The van der Waals surface area contributed by atoms with E-state index in [2.05, 4.69) is 41.5 Å². The molecule has 5 rings (SSSR count). The van der Waals surface area contributed by atoms with E-state index in [1.54, 1.807) is 30.9 Å². The number of anilines is 2. The van der Waals surface area contributed by atoms with Crippen molar-refractivity contribution in [2.24, 2.45) is 7.05 Å². The maximum absolute atomic E-state index is 12.5. The standard InChI is InChI=1S/C25H22BrN7O2/c1-33-23-7-6-19(12-21(23)32-25(33)31-17-4-2-16(26)3-5-17)35-20-9-11-28-22(13-20)24(34)29-10-8-18-14-27-15-30-18/h2-7,9,11-15H,8,10H2,1H3,(H,27,30)(H,29,34)(H,31,32). The Morgan fingerprint density at radius 2 is 1.94 bits per heavy atom. The van der Waals surface area contributed by atoms with Crippen LogP contribution in [-0.2, 0) is 13.5 Å². The molecule has 176 valence electrons. The number of carbonyl (C=O) groups is 1. The lowest BCUT2D eigenvalue weighted by Crippen LogP contribution is -2.26. The molecule has 0 radical (unpaired) electrons. The van der Waals surface area contributed by atoms with Crippen LogP contribution in [0, 0.1) is 0 Å². The van der Waals surface area contributed by atoms with Gasteiger partial charge in [0.2, 0.25) is 5.95 Å². The fourth-order valence-corrected chi connectivity index (χ4v) is 3.84. The molecule has 1 amide bonds. The zero-order chi connectivity index (χ0) is 24.2. The third-order valence-corrected chi connectivity index (χ3v) is 5.92. The predicted molar refractivity (Wildman–Crippen MR) is 137 cm³/mol. The molecule has 0 spiro atoms. The summed E-state index contributed by atoms with van der Waals surface area (Å²) in [5.74, 6) is 1.58. The van der Waals surface area contributed by atoms with Crippen LogP contribution in [0.15, 0.2) is 77.8 Å². The van der Waals surface area contributed by atoms with Gasteiger partial charge in [0.05, 0.1) is 17.4 Å². The van der Waals surface area contributed by atoms with Crippen LogP contribution in [0.3, 0.4) is 0 Å². The molecule has 5 aromatic rings. The van der Waals surface area contributed by atoms with Gasteiger partial charge in [-0.1, -0.05) is 15.9 Å². The summed E-state index contributed by atoms with van der Waals surface area (Å²) < 4.78 is 9.01. The van der Waals surface area contributed by atoms with E-state index in [1.165, 1.54) is 0 Å². The average molecular weight is 532 g/mol. The number of hydrogen-bond donors (Lipinski definition) is 3. The van der Waals surface area contributed by atoms with Gasteiger partial charge >= 0.3 is 0 Å². The first kappa shape index (κ1) is 22.6. The van der Waals surface area contributed by atoms with Crippen LogP contribution in [0.5, 0.6) is 11.5 Å². The van der Waals surface area contributed by atoms with Crippen molar-refractivity contribution in [2.45, 2.75) is 6.42 Å². The Morgan fingerprint density at radius 3 is 2.74 bits per heavy atom. The fourth-order valence-electron chi connectivity index (χ4n) is 3.57. The molecule has 0 fully saturated rings. The molecule has 0 saturated carbocycles. The summed E-state index contributed by atoms with van der Waals surface area (Å²) >= 11 is 3.45. The minimum Gasteiger partial charge on any atom is -0.457 e. The Labute approximate surface area is 209 Å². The molecule has 0 atom stereocenters. The number of fused-ring (bicyclic) bond motifs is 1. The van der Waals surface area contributed by atoms with Crippen LogP contribution in [0.2, 0.25) is 0 Å². The SMILES string of the molecule is Cn1c(Nc2ccc(Br)cc2)nc2cc(Oc3ccnc(C(=O)NCCc4cnc[nH]4)c3)ccc21. The maximum atomic E-state index is 12.5. The fraction of sp³-hybridized carbons (Fsp3) is 0.120. The van der Waals surface area contributed by atoms with E-state index in [0.29, 0.717) is 24.5 Å². The van der Waals surface area contributed by atoms with Gasteiger partial charge in [0.15, 0.2) is 0 Å². The number of hydrogen-bond acceptors (Lipinski definition) is 6. The van der Waals surface area contributed by atoms with Crippen LogP contribution in [0.4, 0.5) is 11.6 Å². The smallest absolute Gasteiger partial charge is 0.270 e. The van der Waals surface area contributed by atoms with E-state index in [1.807, 2.05) is 54.1 Å². The molecule has 2 aromatic carbocycles. The quantitative estimate of drug-likeness (QED) is 0.261. The van der Waals surface area contributed by atoms with Gasteiger partial charge in [-0.15, -0.1) is 0 Å². The maximum Gasteiger partial charge on any atom is 0.270 e. The molecule has 0 unspecified atom stereocenters. The molecule has 0 aliphatic carbocycles. The number of nitrogens with zero attached hydrogens (tertiary/aromatic N) is 4. The lowest BCUT2D eigenvalue weighted by molar-refractivity contribution is 0.0948. The molecular formula is C25H22BrN7O2. The largest absolute Gasteiger partial charge is 0.457 e. The molecule has 0 aliphatic heterocycles. The first-order valence-corrected chi connectivity index (χ1v) is 11.7. The van der Waals surface area contributed by atoms with Crippen molar-refractivity contribution < 1.29 is 9.53 Å².